The number of amides is 1. The van der Waals surface area contributed by atoms with E-state index in [-0.39, 0.29) is 11.5 Å². The Bertz CT molecular complexity index is 1100. The van der Waals surface area contributed by atoms with E-state index in [0.717, 1.165) is 37.1 Å². The second-order valence-electron chi connectivity index (χ2n) is 6.94. The zero-order valence-electron chi connectivity index (χ0n) is 15.1. The quantitative estimate of drug-likeness (QED) is 0.751. The third-order valence-corrected chi connectivity index (χ3v) is 5.03. The molecular weight excluding hydrogens is 345 g/mol. The number of anilines is 1. The van der Waals surface area contributed by atoms with Gasteiger partial charge in [-0.3, -0.25) is 14.2 Å². The van der Waals surface area contributed by atoms with Crippen LogP contribution in [0.5, 0.6) is 0 Å². The summed E-state index contributed by atoms with van der Waals surface area (Å²) < 4.78 is 15.2. The third kappa shape index (κ3) is 3.35. The minimum absolute atomic E-state index is 0.0511. The lowest BCUT2D eigenvalue weighted by Crippen LogP contribution is -2.24. The van der Waals surface area contributed by atoms with Crippen molar-refractivity contribution in [3.05, 3.63) is 69.5 Å². The molecule has 0 bridgehead atoms. The van der Waals surface area contributed by atoms with Crippen LogP contribution in [0.2, 0.25) is 0 Å². The van der Waals surface area contributed by atoms with Gasteiger partial charge in [0.05, 0.1) is 10.9 Å². The van der Waals surface area contributed by atoms with Crippen LogP contribution in [0.3, 0.4) is 0 Å². The Morgan fingerprint density at radius 2 is 2.00 bits per heavy atom. The van der Waals surface area contributed by atoms with Gasteiger partial charge in [-0.1, -0.05) is 12.5 Å². The Kier molecular flexibility index (Phi) is 4.48. The fourth-order valence-corrected chi connectivity index (χ4v) is 3.48. The van der Waals surface area contributed by atoms with E-state index in [0.29, 0.717) is 28.7 Å². The van der Waals surface area contributed by atoms with Crippen molar-refractivity contribution in [2.24, 2.45) is 0 Å². The standard InChI is InChI=1S/C21H20FN3O2/c1-13-6-8-15(22)12-17(13)24-20(26)14-7-9-16-18(11-14)23-19-5-3-2-4-10-25(19)21(16)27/h6-9,11-12H,2-5,10H2,1H3,(H,24,26). The van der Waals surface area contributed by atoms with Crippen molar-refractivity contribution in [1.29, 1.82) is 0 Å². The van der Waals surface area contributed by atoms with Crippen molar-refractivity contribution >= 4 is 22.5 Å². The third-order valence-electron chi connectivity index (χ3n) is 5.03. The Labute approximate surface area is 155 Å². The van der Waals surface area contributed by atoms with Crippen molar-refractivity contribution < 1.29 is 9.18 Å². The molecule has 0 unspecified atom stereocenters. The summed E-state index contributed by atoms with van der Waals surface area (Å²) in [4.78, 5) is 30.0. The zero-order valence-corrected chi connectivity index (χ0v) is 15.1. The Balaban J connectivity index is 1.71. The molecule has 1 aliphatic rings. The Morgan fingerprint density at radius 1 is 1.15 bits per heavy atom. The first-order valence-electron chi connectivity index (χ1n) is 9.14. The van der Waals surface area contributed by atoms with Crippen LogP contribution in [0.15, 0.2) is 41.2 Å². The zero-order chi connectivity index (χ0) is 19.0. The number of carbonyl (C=O) groups is 1. The molecule has 5 nitrogen and oxygen atoms in total. The molecule has 0 saturated heterocycles. The van der Waals surface area contributed by atoms with Crippen molar-refractivity contribution in [3.63, 3.8) is 0 Å². The fraction of sp³-hybridized carbons (Fsp3) is 0.286. The van der Waals surface area contributed by atoms with E-state index in [1.165, 1.54) is 12.1 Å². The molecule has 1 aromatic heterocycles. The summed E-state index contributed by atoms with van der Waals surface area (Å²) in [6.07, 6.45) is 3.84. The first kappa shape index (κ1) is 17.4. The van der Waals surface area contributed by atoms with E-state index in [2.05, 4.69) is 10.3 Å². The maximum absolute atomic E-state index is 13.4. The number of carbonyl (C=O) groups excluding carboxylic acids is 1. The number of benzene rings is 2. The highest BCUT2D eigenvalue weighted by Crippen LogP contribution is 2.19. The molecule has 0 atom stereocenters. The second-order valence-corrected chi connectivity index (χ2v) is 6.94. The predicted molar refractivity (Wildman–Crippen MR) is 103 cm³/mol. The van der Waals surface area contributed by atoms with Gasteiger partial charge in [-0.25, -0.2) is 9.37 Å². The summed E-state index contributed by atoms with van der Waals surface area (Å²) in [5.74, 6) is 0.0118. The first-order valence-corrected chi connectivity index (χ1v) is 9.14. The van der Waals surface area contributed by atoms with Crippen LogP contribution in [0, 0.1) is 12.7 Å². The molecule has 0 saturated carbocycles. The van der Waals surface area contributed by atoms with E-state index in [4.69, 9.17) is 0 Å². The topological polar surface area (TPSA) is 64.0 Å². The van der Waals surface area contributed by atoms with Crippen molar-refractivity contribution in [3.8, 4) is 0 Å². The predicted octanol–water partition coefficient (Wildman–Crippen LogP) is 3.82. The van der Waals surface area contributed by atoms with E-state index in [1.54, 1.807) is 35.8 Å². The van der Waals surface area contributed by atoms with Gasteiger partial charge in [0.15, 0.2) is 0 Å². The van der Waals surface area contributed by atoms with Gasteiger partial charge in [-0.2, -0.15) is 0 Å². The normalized spacial score (nSPS) is 13.9. The van der Waals surface area contributed by atoms with E-state index >= 15 is 0 Å². The Hall–Kier alpha value is -3.02. The molecule has 4 rings (SSSR count). The van der Waals surface area contributed by atoms with Gasteiger partial charge in [0.1, 0.15) is 11.6 Å². The maximum Gasteiger partial charge on any atom is 0.261 e. The minimum Gasteiger partial charge on any atom is -0.322 e. The van der Waals surface area contributed by atoms with E-state index < -0.39 is 5.82 Å². The highest BCUT2D eigenvalue weighted by Gasteiger charge is 2.16. The molecule has 138 valence electrons. The number of aryl methyl sites for hydroxylation is 2. The lowest BCUT2D eigenvalue weighted by molar-refractivity contribution is 0.102. The van der Waals surface area contributed by atoms with Gasteiger partial charge >= 0.3 is 0 Å². The monoisotopic (exact) mass is 365 g/mol. The van der Waals surface area contributed by atoms with Crippen molar-refractivity contribution in [2.45, 2.75) is 39.2 Å². The fourth-order valence-electron chi connectivity index (χ4n) is 3.48. The van der Waals surface area contributed by atoms with Crippen LogP contribution in [-0.2, 0) is 13.0 Å². The molecule has 2 heterocycles. The number of rotatable bonds is 2. The smallest absolute Gasteiger partial charge is 0.261 e. The number of halogens is 1. The molecule has 27 heavy (non-hydrogen) atoms. The van der Waals surface area contributed by atoms with Crippen LogP contribution >= 0.6 is 0 Å². The number of aromatic nitrogens is 2. The van der Waals surface area contributed by atoms with Gasteiger partial charge in [0.25, 0.3) is 11.5 Å². The van der Waals surface area contributed by atoms with Crippen LogP contribution < -0.4 is 10.9 Å². The van der Waals surface area contributed by atoms with Gasteiger partial charge in [0, 0.05) is 24.2 Å². The molecule has 1 amide bonds. The van der Waals surface area contributed by atoms with Crippen LogP contribution in [0.25, 0.3) is 10.9 Å². The molecule has 2 aromatic carbocycles. The molecule has 0 fully saturated rings. The summed E-state index contributed by atoms with van der Waals surface area (Å²) >= 11 is 0. The summed E-state index contributed by atoms with van der Waals surface area (Å²) in [5.41, 5.74) is 2.06. The van der Waals surface area contributed by atoms with Gasteiger partial charge in [-0.05, 0) is 55.7 Å². The van der Waals surface area contributed by atoms with Crippen molar-refractivity contribution in [2.75, 3.05) is 5.32 Å². The van der Waals surface area contributed by atoms with Crippen molar-refractivity contribution in [1.82, 2.24) is 9.55 Å². The number of hydrogen-bond donors (Lipinski definition) is 1. The first-order chi connectivity index (χ1) is 13.0. The summed E-state index contributed by atoms with van der Waals surface area (Å²) in [5, 5.41) is 3.24. The number of nitrogens with zero attached hydrogens (tertiary/aromatic N) is 2. The Morgan fingerprint density at radius 3 is 2.85 bits per heavy atom. The maximum atomic E-state index is 13.4. The average Bonchev–Trinajstić information content (AvgIpc) is 2.90. The molecule has 0 aliphatic carbocycles. The highest BCUT2D eigenvalue weighted by molar-refractivity contribution is 6.06. The largest absolute Gasteiger partial charge is 0.322 e. The molecule has 0 spiro atoms. The van der Waals surface area contributed by atoms with Crippen LogP contribution in [-0.4, -0.2) is 15.5 Å². The highest BCUT2D eigenvalue weighted by atomic mass is 19.1. The lowest BCUT2D eigenvalue weighted by atomic mass is 10.1. The van der Waals surface area contributed by atoms with Gasteiger partial charge in [-0.15, -0.1) is 0 Å². The van der Waals surface area contributed by atoms with Crippen LogP contribution in [0.1, 0.15) is 41.0 Å². The SMILES string of the molecule is Cc1ccc(F)cc1NC(=O)c1ccc2c(=O)n3c(nc2c1)CCCCC3. The summed E-state index contributed by atoms with van der Waals surface area (Å²) in [7, 11) is 0. The molecular formula is C21H20FN3O2. The van der Waals surface area contributed by atoms with Gasteiger partial charge < -0.3 is 5.32 Å². The average molecular weight is 365 g/mol. The molecule has 0 radical (unpaired) electrons. The van der Waals surface area contributed by atoms with E-state index in [1.807, 2.05) is 0 Å². The summed E-state index contributed by atoms with van der Waals surface area (Å²) in [6.45, 7) is 2.49. The summed E-state index contributed by atoms with van der Waals surface area (Å²) in [6, 6.07) is 9.15. The minimum atomic E-state index is -0.410. The lowest BCUT2D eigenvalue weighted by Gasteiger charge is -2.12. The second kappa shape index (κ2) is 6.95. The molecule has 1 aliphatic heterocycles. The number of hydrogen-bond acceptors (Lipinski definition) is 3. The molecule has 6 heteroatoms. The van der Waals surface area contributed by atoms with Crippen LogP contribution in [0.4, 0.5) is 10.1 Å². The van der Waals surface area contributed by atoms with Gasteiger partial charge in [0.2, 0.25) is 0 Å². The number of fused-ring (bicyclic) bond motifs is 2. The molecule has 3 aromatic rings. The molecule has 1 N–H and O–H groups in total. The van der Waals surface area contributed by atoms with E-state index in [9.17, 15) is 14.0 Å². The number of nitrogens with one attached hydrogen (secondary N) is 1.